The number of hydrogen-bond acceptors (Lipinski definition) is 3. The van der Waals surface area contributed by atoms with Crippen molar-refractivity contribution >= 4 is 11.6 Å². The maximum absolute atomic E-state index is 13.6. The number of hydrogen-bond donors (Lipinski definition) is 1. The van der Waals surface area contributed by atoms with Gasteiger partial charge >= 0.3 is 0 Å². The van der Waals surface area contributed by atoms with Crippen LogP contribution in [0.1, 0.15) is 12.3 Å². The Labute approximate surface area is 108 Å². The molecule has 0 unspecified atom stereocenters. The molecule has 0 bridgehead atoms. The maximum Gasteiger partial charge on any atom is 0.194 e. The van der Waals surface area contributed by atoms with E-state index in [0.29, 0.717) is 18.9 Å². The summed E-state index contributed by atoms with van der Waals surface area (Å²) in [4.78, 5) is 3.98. The molecule has 0 spiro atoms. The molecular weight excluding hydrogens is 262 g/mol. The zero-order chi connectivity index (χ0) is 13.1. The lowest BCUT2D eigenvalue weighted by Crippen LogP contribution is -2.00. The molecule has 0 aliphatic heterocycles. The van der Waals surface area contributed by atoms with E-state index in [9.17, 15) is 8.78 Å². The molecule has 0 saturated heterocycles. The lowest BCUT2D eigenvalue weighted by molar-refractivity contribution is 0.495. The number of benzene rings is 1. The highest BCUT2D eigenvalue weighted by molar-refractivity contribution is 6.30. The first kappa shape index (κ1) is 13.0. The third kappa shape index (κ3) is 2.68. The molecule has 3 nitrogen and oxygen atoms in total. The summed E-state index contributed by atoms with van der Waals surface area (Å²) in [7, 11) is 0. The molecule has 0 aliphatic carbocycles. The van der Waals surface area contributed by atoms with Gasteiger partial charge in [0.15, 0.2) is 11.7 Å². The highest BCUT2D eigenvalue weighted by Gasteiger charge is 2.14. The van der Waals surface area contributed by atoms with Gasteiger partial charge in [0.25, 0.3) is 0 Å². The van der Waals surface area contributed by atoms with Crippen molar-refractivity contribution < 1.29 is 13.2 Å². The van der Waals surface area contributed by atoms with Crippen LogP contribution in [0.4, 0.5) is 8.78 Å². The van der Waals surface area contributed by atoms with Crippen LogP contribution in [0, 0.1) is 11.6 Å². The van der Waals surface area contributed by atoms with Crippen molar-refractivity contribution in [1.82, 2.24) is 4.98 Å². The second-order valence-electron chi connectivity index (χ2n) is 3.76. The van der Waals surface area contributed by atoms with E-state index in [1.807, 2.05) is 0 Å². The SMILES string of the molecule is NCCCc1ncc(-c2cc(F)c(Cl)cc2F)o1. The van der Waals surface area contributed by atoms with E-state index in [1.54, 1.807) is 0 Å². The quantitative estimate of drug-likeness (QED) is 0.870. The predicted molar refractivity (Wildman–Crippen MR) is 64.2 cm³/mol. The first-order valence-corrected chi connectivity index (χ1v) is 5.79. The molecular formula is C12H11ClF2N2O. The molecule has 18 heavy (non-hydrogen) atoms. The monoisotopic (exact) mass is 272 g/mol. The Morgan fingerprint density at radius 1 is 1.28 bits per heavy atom. The van der Waals surface area contributed by atoms with Gasteiger partial charge in [-0.15, -0.1) is 0 Å². The third-order valence-electron chi connectivity index (χ3n) is 2.42. The van der Waals surface area contributed by atoms with Crippen molar-refractivity contribution in [2.24, 2.45) is 5.73 Å². The Kier molecular flexibility index (Phi) is 3.93. The molecule has 1 aromatic carbocycles. The molecule has 2 rings (SSSR count). The van der Waals surface area contributed by atoms with Gasteiger partial charge in [0, 0.05) is 6.42 Å². The topological polar surface area (TPSA) is 52.0 Å². The van der Waals surface area contributed by atoms with Gasteiger partial charge in [0.05, 0.1) is 16.8 Å². The summed E-state index contributed by atoms with van der Waals surface area (Å²) in [5.74, 6) is -0.726. The van der Waals surface area contributed by atoms with Crippen molar-refractivity contribution in [3.8, 4) is 11.3 Å². The molecule has 0 radical (unpaired) electrons. The van der Waals surface area contributed by atoms with Crippen molar-refractivity contribution in [1.29, 1.82) is 0 Å². The molecule has 0 aliphatic rings. The number of oxazole rings is 1. The summed E-state index contributed by atoms with van der Waals surface area (Å²) in [6, 6.07) is 1.90. The fourth-order valence-corrected chi connectivity index (χ4v) is 1.67. The van der Waals surface area contributed by atoms with Gasteiger partial charge in [-0.25, -0.2) is 13.8 Å². The summed E-state index contributed by atoms with van der Waals surface area (Å²) < 4.78 is 32.2. The minimum atomic E-state index is -0.701. The van der Waals surface area contributed by atoms with Crippen molar-refractivity contribution in [2.75, 3.05) is 6.54 Å². The number of aromatic nitrogens is 1. The molecule has 0 amide bonds. The molecule has 2 aromatic rings. The summed E-state index contributed by atoms with van der Waals surface area (Å²) in [6.07, 6.45) is 2.64. The number of aryl methyl sites for hydroxylation is 1. The lowest BCUT2D eigenvalue weighted by Gasteiger charge is -2.01. The van der Waals surface area contributed by atoms with Crippen LogP contribution >= 0.6 is 11.6 Å². The fraction of sp³-hybridized carbons (Fsp3) is 0.250. The normalized spacial score (nSPS) is 10.9. The zero-order valence-corrected chi connectivity index (χ0v) is 10.2. The van der Waals surface area contributed by atoms with E-state index in [0.717, 1.165) is 18.6 Å². The van der Waals surface area contributed by atoms with Gasteiger partial charge in [-0.1, -0.05) is 11.6 Å². The Morgan fingerprint density at radius 2 is 2.06 bits per heavy atom. The molecule has 0 atom stereocenters. The van der Waals surface area contributed by atoms with Crippen LogP contribution in [0.2, 0.25) is 5.02 Å². The van der Waals surface area contributed by atoms with Gasteiger partial charge in [0.1, 0.15) is 11.6 Å². The average Bonchev–Trinajstić information content (AvgIpc) is 2.79. The number of rotatable bonds is 4. The predicted octanol–water partition coefficient (Wildman–Crippen LogP) is 3.16. The summed E-state index contributed by atoms with van der Waals surface area (Å²) >= 11 is 5.47. The second kappa shape index (κ2) is 5.46. The standard InChI is InChI=1S/C12H11ClF2N2O/c13-8-5-9(14)7(4-10(8)15)11-6-17-12(18-11)2-1-3-16/h4-6H,1-3,16H2. The van der Waals surface area contributed by atoms with Crippen molar-refractivity contribution in [2.45, 2.75) is 12.8 Å². The Balaban J connectivity index is 2.31. The van der Waals surface area contributed by atoms with Crippen LogP contribution < -0.4 is 5.73 Å². The molecule has 1 heterocycles. The number of halogens is 3. The van der Waals surface area contributed by atoms with E-state index in [1.165, 1.54) is 6.20 Å². The van der Waals surface area contributed by atoms with Crippen molar-refractivity contribution in [3.05, 3.63) is 40.9 Å². The molecule has 0 fully saturated rings. The Hall–Kier alpha value is -1.46. The van der Waals surface area contributed by atoms with E-state index in [4.69, 9.17) is 21.8 Å². The van der Waals surface area contributed by atoms with E-state index < -0.39 is 11.6 Å². The minimum Gasteiger partial charge on any atom is -0.441 e. The zero-order valence-electron chi connectivity index (χ0n) is 9.42. The number of nitrogens with two attached hydrogens (primary N) is 1. The minimum absolute atomic E-state index is 0.00315. The Bertz CT molecular complexity index is 557. The molecule has 6 heteroatoms. The van der Waals surface area contributed by atoms with E-state index in [-0.39, 0.29) is 16.3 Å². The maximum atomic E-state index is 13.6. The smallest absolute Gasteiger partial charge is 0.194 e. The summed E-state index contributed by atoms with van der Waals surface area (Å²) in [5, 5.41) is -0.265. The first-order chi connectivity index (χ1) is 8.61. The third-order valence-corrected chi connectivity index (χ3v) is 2.71. The Morgan fingerprint density at radius 3 is 2.78 bits per heavy atom. The van der Waals surface area contributed by atoms with Crippen LogP contribution in [0.15, 0.2) is 22.7 Å². The van der Waals surface area contributed by atoms with Gasteiger partial charge in [-0.05, 0) is 25.1 Å². The van der Waals surface area contributed by atoms with Gasteiger partial charge < -0.3 is 10.2 Å². The summed E-state index contributed by atoms with van der Waals surface area (Å²) in [6.45, 7) is 0.516. The van der Waals surface area contributed by atoms with Crippen LogP contribution in [0.25, 0.3) is 11.3 Å². The molecule has 96 valence electrons. The summed E-state index contributed by atoms with van der Waals surface area (Å²) in [5.41, 5.74) is 5.36. The van der Waals surface area contributed by atoms with Crippen LogP contribution in [0.3, 0.4) is 0 Å². The molecule has 2 N–H and O–H groups in total. The van der Waals surface area contributed by atoms with Gasteiger partial charge in [0.2, 0.25) is 0 Å². The van der Waals surface area contributed by atoms with Crippen LogP contribution in [-0.4, -0.2) is 11.5 Å². The average molecular weight is 273 g/mol. The lowest BCUT2D eigenvalue weighted by atomic mass is 10.1. The fourth-order valence-electron chi connectivity index (χ4n) is 1.52. The highest BCUT2D eigenvalue weighted by atomic mass is 35.5. The largest absolute Gasteiger partial charge is 0.441 e. The first-order valence-electron chi connectivity index (χ1n) is 5.41. The van der Waals surface area contributed by atoms with E-state index >= 15 is 0 Å². The van der Waals surface area contributed by atoms with E-state index in [2.05, 4.69) is 4.98 Å². The highest BCUT2D eigenvalue weighted by Crippen LogP contribution is 2.28. The molecule has 1 aromatic heterocycles. The number of nitrogens with zero attached hydrogens (tertiary/aromatic N) is 1. The van der Waals surface area contributed by atoms with Gasteiger partial charge in [-0.2, -0.15) is 0 Å². The van der Waals surface area contributed by atoms with Crippen LogP contribution in [0.5, 0.6) is 0 Å². The van der Waals surface area contributed by atoms with Gasteiger partial charge in [-0.3, -0.25) is 0 Å². The van der Waals surface area contributed by atoms with Crippen molar-refractivity contribution in [3.63, 3.8) is 0 Å². The van der Waals surface area contributed by atoms with Crippen LogP contribution in [-0.2, 0) is 6.42 Å². The molecule has 0 saturated carbocycles. The second-order valence-corrected chi connectivity index (χ2v) is 4.16.